The van der Waals surface area contributed by atoms with Gasteiger partial charge < -0.3 is 10.6 Å². The Morgan fingerprint density at radius 2 is 1.92 bits per heavy atom. The van der Waals surface area contributed by atoms with Crippen LogP contribution in [0.1, 0.15) is 55.6 Å². The molecule has 0 aliphatic carbocycles. The summed E-state index contributed by atoms with van der Waals surface area (Å²) < 4.78 is 0.895. The number of thiophene rings is 1. The Balaban J connectivity index is 2.07. The summed E-state index contributed by atoms with van der Waals surface area (Å²) in [4.78, 5) is 18.1. The third-order valence-electron chi connectivity index (χ3n) is 4.15. The summed E-state index contributed by atoms with van der Waals surface area (Å²) >= 11 is 1.50. The molecule has 0 saturated heterocycles. The predicted molar refractivity (Wildman–Crippen MR) is 106 cm³/mol. The molecule has 7 nitrogen and oxygen atoms in total. The molecule has 3 aromatic rings. The van der Waals surface area contributed by atoms with Crippen LogP contribution in [-0.4, -0.2) is 39.4 Å². The van der Waals surface area contributed by atoms with Gasteiger partial charge in [0.25, 0.3) is 5.91 Å². The van der Waals surface area contributed by atoms with Crippen LogP contribution in [0, 0.1) is 6.92 Å². The number of unbranched alkanes of at least 4 members (excludes halogenated alkanes) is 2. The normalized spacial score (nSPS) is 11.2. The maximum Gasteiger partial charge on any atom is 0.252 e. The maximum atomic E-state index is 12.7. The van der Waals surface area contributed by atoms with Gasteiger partial charge in [0, 0.05) is 18.8 Å². The highest BCUT2D eigenvalue weighted by molar-refractivity contribution is 7.26. The molecule has 3 aromatic heterocycles. The predicted octanol–water partition coefficient (Wildman–Crippen LogP) is 3.68. The first-order chi connectivity index (χ1) is 12.7. The van der Waals surface area contributed by atoms with E-state index in [9.17, 15) is 4.79 Å². The van der Waals surface area contributed by atoms with E-state index in [0.717, 1.165) is 52.8 Å². The summed E-state index contributed by atoms with van der Waals surface area (Å²) in [6.45, 7) is 7.64. The number of aryl methyl sites for hydroxylation is 1. The molecule has 1 amide bonds. The standard InChI is InChI=1S/C18H24N6OS/c1-4-6-8-19-16-15-14(22-24-23-16)13-12(17(25)20-9-7-5-2)10-11(3)21-18(13)26-15/h10H,4-9H2,1-3H3,(H,20,25)(H,19,22,23). The molecule has 26 heavy (non-hydrogen) atoms. The molecule has 3 heterocycles. The summed E-state index contributed by atoms with van der Waals surface area (Å²) in [5, 5.41) is 19.3. The lowest BCUT2D eigenvalue weighted by molar-refractivity contribution is 0.0954. The Bertz CT molecular complexity index is 923. The van der Waals surface area contributed by atoms with E-state index in [0.29, 0.717) is 23.4 Å². The molecule has 0 saturated carbocycles. The average molecular weight is 372 g/mol. The van der Waals surface area contributed by atoms with E-state index < -0.39 is 0 Å². The second-order valence-corrected chi connectivity index (χ2v) is 7.30. The van der Waals surface area contributed by atoms with Crippen molar-refractivity contribution in [1.29, 1.82) is 0 Å². The number of aromatic nitrogens is 4. The van der Waals surface area contributed by atoms with E-state index >= 15 is 0 Å². The Kier molecular flexibility index (Phi) is 5.92. The van der Waals surface area contributed by atoms with Gasteiger partial charge in [0.1, 0.15) is 15.0 Å². The second kappa shape index (κ2) is 8.35. The summed E-state index contributed by atoms with van der Waals surface area (Å²) in [7, 11) is 0. The van der Waals surface area contributed by atoms with Crippen LogP contribution in [0.25, 0.3) is 20.4 Å². The van der Waals surface area contributed by atoms with Crippen molar-refractivity contribution >= 4 is 43.5 Å². The van der Waals surface area contributed by atoms with Gasteiger partial charge in [-0.1, -0.05) is 26.7 Å². The first-order valence-electron chi connectivity index (χ1n) is 9.11. The van der Waals surface area contributed by atoms with Crippen molar-refractivity contribution in [2.75, 3.05) is 18.4 Å². The Morgan fingerprint density at radius 1 is 1.15 bits per heavy atom. The summed E-state index contributed by atoms with van der Waals surface area (Å²) in [6, 6.07) is 1.82. The van der Waals surface area contributed by atoms with Gasteiger partial charge in [0.2, 0.25) is 0 Å². The smallest absolute Gasteiger partial charge is 0.252 e. The minimum atomic E-state index is -0.0900. The zero-order chi connectivity index (χ0) is 18.5. The van der Waals surface area contributed by atoms with Crippen LogP contribution >= 0.6 is 11.3 Å². The minimum absolute atomic E-state index is 0.0900. The van der Waals surface area contributed by atoms with E-state index in [1.807, 2.05) is 13.0 Å². The largest absolute Gasteiger partial charge is 0.367 e. The quantitative estimate of drug-likeness (QED) is 0.586. The van der Waals surface area contributed by atoms with Crippen molar-refractivity contribution in [3.8, 4) is 0 Å². The number of pyridine rings is 1. The van der Waals surface area contributed by atoms with Crippen LogP contribution in [0.2, 0.25) is 0 Å². The van der Waals surface area contributed by atoms with Crippen molar-refractivity contribution in [2.24, 2.45) is 0 Å². The van der Waals surface area contributed by atoms with Gasteiger partial charge in [0.05, 0.1) is 10.9 Å². The molecule has 0 fully saturated rings. The third-order valence-corrected chi connectivity index (χ3v) is 5.23. The Labute approximate surface area is 156 Å². The van der Waals surface area contributed by atoms with Crippen LogP contribution in [-0.2, 0) is 0 Å². The van der Waals surface area contributed by atoms with Crippen molar-refractivity contribution in [3.63, 3.8) is 0 Å². The zero-order valence-electron chi connectivity index (χ0n) is 15.4. The number of carbonyl (C=O) groups excluding carboxylic acids is 1. The lowest BCUT2D eigenvalue weighted by Gasteiger charge is -2.07. The molecular formula is C18H24N6OS. The molecule has 2 N–H and O–H groups in total. The zero-order valence-corrected chi connectivity index (χ0v) is 16.2. The van der Waals surface area contributed by atoms with E-state index in [1.54, 1.807) is 0 Å². The van der Waals surface area contributed by atoms with E-state index in [4.69, 9.17) is 0 Å². The molecule has 0 aromatic carbocycles. The fourth-order valence-corrected chi connectivity index (χ4v) is 3.91. The van der Waals surface area contributed by atoms with Gasteiger partial charge in [-0.2, -0.15) is 0 Å². The first-order valence-corrected chi connectivity index (χ1v) is 9.92. The first kappa shape index (κ1) is 18.4. The van der Waals surface area contributed by atoms with Crippen LogP contribution in [0.5, 0.6) is 0 Å². The van der Waals surface area contributed by atoms with Crippen molar-refractivity contribution in [2.45, 2.75) is 46.5 Å². The SMILES string of the molecule is CCCCNC(=O)c1cc(C)nc2sc3c(NCCCC)nnnc3c12. The number of fused-ring (bicyclic) bond motifs is 3. The number of nitrogens with one attached hydrogen (secondary N) is 2. The van der Waals surface area contributed by atoms with Gasteiger partial charge in [-0.3, -0.25) is 4.79 Å². The lowest BCUT2D eigenvalue weighted by atomic mass is 10.1. The Hall–Kier alpha value is -2.35. The monoisotopic (exact) mass is 372 g/mol. The second-order valence-electron chi connectivity index (χ2n) is 6.30. The van der Waals surface area contributed by atoms with E-state index in [2.05, 4.69) is 44.9 Å². The van der Waals surface area contributed by atoms with Gasteiger partial charge >= 0.3 is 0 Å². The molecule has 0 aliphatic rings. The molecule has 0 radical (unpaired) electrons. The molecule has 0 aliphatic heterocycles. The van der Waals surface area contributed by atoms with Crippen molar-refractivity contribution < 1.29 is 4.79 Å². The number of hydrogen-bond donors (Lipinski definition) is 2. The van der Waals surface area contributed by atoms with Gasteiger partial charge in [-0.15, -0.1) is 21.5 Å². The van der Waals surface area contributed by atoms with Gasteiger partial charge in [-0.25, -0.2) is 4.98 Å². The number of hydrogen-bond acceptors (Lipinski definition) is 7. The lowest BCUT2D eigenvalue weighted by Crippen LogP contribution is -2.24. The topological polar surface area (TPSA) is 92.7 Å². The van der Waals surface area contributed by atoms with E-state index in [1.165, 1.54) is 11.3 Å². The number of rotatable bonds is 8. The van der Waals surface area contributed by atoms with Gasteiger partial charge in [0.15, 0.2) is 5.82 Å². The summed E-state index contributed by atoms with van der Waals surface area (Å²) in [5.41, 5.74) is 2.10. The highest BCUT2D eigenvalue weighted by Gasteiger charge is 2.20. The fraction of sp³-hybridized carbons (Fsp3) is 0.500. The van der Waals surface area contributed by atoms with Gasteiger partial charge in [-0.05, 0) is 31.0 Å². The molecule has 138 valence electrons. The minimum Gasteiger partial charge on any atom is -0.367 e. The maximum absolute atomic E-state index is 12.7. The summed E-state index contributed by atoms with van der Waals surface area (Å²) in [6.07, 6.45) is 4.15. The number of nitrogens with zero attached hydrogens (tertiary/aromatic N) is 4. The molecule has 0 unspecified atom stereocenters. The third kappa shape index (κ3) is 3.75. The molecule has 0 spiro atoms. The molecule has 0 bridgehead atoms. The molecule has 8 heteroatoms. The average Bonchev–Trinajstić information content (AvgIpc) is 3.00. The fourth-order valence-electron chi connectivity index (χ4n) is 2.77. The van der Waals surface area contributed by atoms with Crippen molar-refractivity contribution in [3.05, 3.63) is 17.3 Å². The highest BCUT2D eigenvalue weighted by atomic mass is 32.1. The van der Waals surface area contributed by atoms with Crippen LogP contribution in [0.3, 0.4) is 0 Å². The number of amides is 1. The van der Waals surface area contributed by atoms with Crippen LogP contribution < -0.4 is 10.6 Å². The number of anilines is 1. The Morgan fingerprint density at radius 3 is 2.69 bits per heavy atom. The number of carbonyl (C=O) groups is 1. The van der Waals surface area contributed by atoms with Crippen LogP contribution in [0.4, 0.5) is 5.82 Å². The molecular weight excluding hydrogens is 348 g/mol. The van der Waals surface area contributed by atoms with Crippen LogP contribution in [0.15, 0.2) is 6.07 Å². The highest BCUT2D eigenvalue weighted by Crippen LogP contribution is 2.36. The van der Waals surface area contributed by atoms with Crippen molar-refractivity contribution in [1.82, 2.24) is 25.7 Å². The molecule has 3 rings (SSSR count). The van der Waals surface area contributed by atoms with E-state index in [-0.39, 0.29) is 5.91 Å². The summed E-state index contributed by atoms with van der Waals surface area (Å²) in [5.74, 6) is 0.620. The molecule has 0 atom stereocenters.